The van der Waals surface area contributed by atoms with Gasteiger partial charge < -0.3 is 10.4 Å². The van der Waals surface area contributed by atoms with E-state index in [1.165, 1.54) is 0 Å². The van der Waals surface area contributed by atoms with E-state index < -0.39 is 28.0 Å². The third-order valence-corrected chi connectivity index (χ3v) is 3.37. The fraction of sp³-hybridized carbons (Fsp3) is 0.778. The second-order valence-corrected chi connectivity index (χ2v) is 6.07. The van der Waals surface area contributed by atoms with Crippen LogP contribution in [0.4, 0.5) is 0 Å². The van der Waals surface area contributed by atoms with Gasteiger partial charge in [-0.05, 0) is 13.8 Å². The molecule has 0 heterocycles. The number of hydrogen-bond donors (Lipinski definition) is 2. The molecule has 0 bridgehead atoms. The van der Waals surface area contributed by atoms with Crippen molar-refractivity contribution >= 4 is 21.7 Å². The molecule has 94 valence electrons. The van der Waals surface area contributed by atoms with Crippen molar-refractivity contribution in [1.82, 2.24) is 5.32 Å². The topological polar surface area (TPSA) is 101 Å². The van der Waals surface area contributed by atoms with Gasteiger partial charge in [0.25, 0.3) is 0 Å². The van der Waals surface area contributed by atoms with Crippen LogP contribution in [-0.4, -0.2) is 42.9 Å². The number of aliphatic carboxylic acids is 1. The average Bonchev–Trinajstić information content (AvgIpc) is 2.11. The highest BCUT2D eigenvalue weighted by Crippen LogP contribution is 1.97. The van der Waals surface area contributed by atoms with Gasteiger partial charge in [-0.15, -0.1) is 0 Å². The maximum absolute atomic E-state index is 11.3. The number of carboxylic acid groups (broad SMARTS) is 1. The van der Waals surface area contributed by atoms with Gasteiger partial charge in [0.2, 0.25) is 5.91 Å². The van der Waals surface area contributed by atoms with Gasteiger partial charge in [-0.25, -0.2) is 8.42 Å². The summed E-state index contributed by atoms with van der Waals surface area (Å²) in [5.41, 5.74) is 0. The first-order valence-electron chi connectivity index (χ1n) is 4.94. The smallest absolute Gasteiger partial charge is 0.304 e. The Balaban J connectivity index is 3.99. The van der Waals surface area contributed by atoms with Crippen molar-refractivity contribution in [2.24, 2.45) is 0 Å². The van der Waals surface area contributed by atoms with Crippen molar-refractivity contribution in [1.29, 1.82) is 0 Å². The minimum atomic E-state index is -3.45. The summed E-state index contributed by atoms with van der Waals surface area (Å²) in [6.45, 7) is 3.55. The summed E-state index contributed by atoms with van der Waals surface area (Å²) in [4.78, 5) is 21.3. The lowest BCUT2D eigenvalue weighted by molar-refractivity contribution is -0.136. The first kappa shape index (κ1) is 14.9. The SMILES string of the molecule is CC(C)NC(=O)CCS(=O)(=O)CCC(=O)O. The molecule has 0 aliphatic rings. The molecule has 0 saturated carbocycles. The van der Waals surface area contributed by atoms with Gasteiger partial charge in [0, 0.05) is 12.5 Å². The molecular formula is C9H17NO5S. The van der Waals surface area contributed by atoms with Crippen molar-refractivity contribution in [2.75, 3.05) is 11.5 Å². The predicted octanol–water partition coefficient (Wildman–Crippen LogP) is -0.209. The molecule has 0 aliphatic heterocycles. The number of carbonyl (C=O) groups excluding carboxylic acids is 1. The fourth-order valence-corrected chi connectivity index (χ4v) is 2.17. The monoisotopic (exact) mass is 251 g/mol. The molecule has 0 radical (unpaired) electrons. The zero-order valence-corrected chi connectivity index (χ0v) is 10.2. The molecule has 0 aromatic rings. The van der Waals surface area contributed by atoms with E-state index >= 15 is 0 Å². The third-order valence-electron chi connectivity index (χ3n) is 1.72. The van der Waals surface area contributed by atoms with E-state index in [2.05, 4.69) is 5.32 Å². The van der Waals surface area contributed by atoms with Crippen LogP contribution in [0.1, 0.15) is 26.7 Å². The van der Waals surface area contributed by atoms with Crippen molar-refractivity contribution in [3.63, 3.8) is 0 Å². The molecule has 1 amide bonds. The summed E-state index contributed by atoms with van der Waals surface area (Å²) >= 11 is 0. The van der Waals surface area contributed by atoms with E-state index in [4.69, 9.17) is 5.11 Å². The highest BCUT2D eigenvalue weighted by atomic mass is 32.2. The van der Waals surface area contributed by atoms with E-state index in [9.17, 15) is 18.0 Å². The molecule has 0 saturated heterocycles. The molecule has 0 unspecified atom stereocenters. The maximum atomic E-state index is 11.3. The van der Waals surface area contributed by atoms with E-state index in [0.717, 1.165) is 0 Å². The first-order chi connectivity index (χ1) is 7.23. The molecular weight excluding hydrogens is 234 g/mol. The summed E-state index contributed by atoms with van der Waals surface area (Å²) in [6.07, 6.45) is -0.547. The van der Waals surface area contributed by atoms with Gasteiger partial charge in [-0.1, -0.05) is 0 Å². The Kier molecular flexibility index (Phi) is 6.02. The summed E-state index contributed by atoms with van der Waals surface area (Å²) in [7, 11) is -3.45. The Morgan fingerprint density at radius 1 is 1.19 bits per heavy atom. The number of nitrogens with one attached hydrogen (secondary N) is 1. The fourth-order valence-electron chi connectivity index (χ4n) is 0.987. The molecule has 0 atom stereocenters. The zero-order chi connectivity index (χ0) is 12.8. The Bertz CT molecular complexity index is 347. The lowest BCUT2D eigenvalue weighted by Gasteiger charge is -2.08. The summed E-state index contributed by atoms with van der Waals surface area (Å²) in [5.74, 6) is -2.22. The van der Waals surface area contributed by atoms with E-state index in [1.54, 1.807) is 13.8 Å². The van der Waals surface area contributed by atoms with Crippen LogP contribution in [0.5, 0.6) is 0 Å². The second kappa shape index (κ2) is 6.47. The Morgan fingerprint density at radius 3 is 2.12 bits per heavy atom. The minimum absolute atomic E-state index is 0.0331. The van der Waals surface area contributed by atoms with Crippen molar-refractivity contribution in [2.45, 2.75) is 32.7 Å². The molecule has 0 aromatic heterocycles. The molecule has 0 aromatic carbocycles. The Morgan fingerprint density at radius 2 is 1.69 bits per heavy atom. The molecule has 0 spiro atoms. The molecule has 16 heavy (non-hydrogen) atoms. The number of sulfone groups is 1. The van der Waals surface area contributed by atoms with Crippen LogP contribution in [0.3, 0.4) is 0 Å². The number of hydrogen-bond acceptors (Lipinski definition) is 4. The normalized spacial score (nSPS) is 11.4. The minimum Gasteiger partial charge on any atom is -0.481 e. The number of carboxylic acids is 1. The summed E-state index contributed by atoms with van der Waals surface area (Å²) < 4.78 is 22.6. The van der Waals surface area contributed by atoms with Crippen molar-refractivity contribution in [3.8, 4) is 0 Å². The quantitative estimate of drug-likeness (QED) is 0.652. The largest absolute Gasteiger partial charge is 0.481 e. The van der Waals surface area contributed by atoms with Gasteiger partial charge in [0.1, 0.15) is 0 Å². The highest BCUT2D eigenvalue weighted by Gasteiger charge is 2.15. The van der Waals surface area contributed by atoms with Crippen molar-refractivity contribution in [3.05, 3.63) is 0 Å². The molecule has 0 rings (SSSR count). The molecule has 0 fully saturated rings. The number of rotatable bonds is 7. The van der Waals surface area contributed by atoms with Gasteiger partial charge in [0.15, 0.2) is 9.84 Å². The lowest BCUT2D eigenvalue weighted by Crippen LogP contribution is -2.31. The van der Waals surface area contributed by atoms with E-state index in [1.807, 2.05) is 0 Å². The number of carbonyl (C=O) groups is 2. The van der Waals surface area contributed by atoms with Gasteiger partial charge in [-0.2, -0.15) is 0 Å². The third kappa shape index (κ3) is 8.22. The molecule has 0 aliphatic carbocycles. The van der Waals surface area contributed by atoms with E-state index in [-0.39, 0.29) is 24.1 Å². The summed E-state index contributed by atoms with van der Waals surface area (Å²) in [6, 6.07) is -0.0331. The Labute approximate surface area is 95.0 Å². The molecule has 6 nitrogen and oxygen atoms in total. The van der Waals surface area contributed by atoms with Crippen LogP contribution >= 0.6 is 0 Å². The number of amides is 1. The Hall–Kier alpha value is -1.11. The van der Waals surface area contributed by atoms with Gasteiger partial charge in [-0.3, -0.25) is 9.59 Å². The highest BCUT2D eigenvalue weighted by molar-refractivity contribution is 7.91. The predicted molar refractivity (Wildman–Crippen MR) is 58.8 cm³/mol. The van der Waals surface area contributed by atoms with Crippen LogP contribution in [0.15, 0.2) is 0 Å². The maximum Gasteiger partial charge on any atom is 0.304 e. The first-order valence-corrected chi connectivity index (χ1v) is 6.76. The molecule has 7 heteroatoms. The lowest BCUT2D eigenvalue weighted by atomic mass is 10.3. The second-order valence-electron chi connectivity index (χ2n) is 3.77. The average molecular weight is 251 g/mol. The zero-order valence-electron chi connectivity index (χ0n) is 9.39. The van der Waals surface area contributed by atoms with Crippen LogP contribution in [0.2, 0.25) is 0 Å². The van der Waals surface area contributed by atoms with Crippen LogP contribution in [0, 0.1) is 0 Å². The van der Waals surface area contributed by atoms with E-state index in [0.29, 0.717) is 0 Å². The summed E-state index contributed by atoms with van der Waals surface area (Å²) in [5, 5.41) is 10.9. The molecule has 2 N–H and O–H groups in total. The van der Waals surface area contributed by atoms with Gasteiger partial charge >= 0.3 is 5.97 Å². The van der Waals surface area contributed by atoms with Crippen LogP contribution in [-0.2, 0) is 19.4 Å². The van der Waals surface area contributed by atoms with Crippen LogP contribution in [0.25, 0.3) is 0 Å². The standard InChI is InChI=1S/C9H17NO5S/c1-7(2)10-8(11)3-5-16(14,15)6-4-9(12)13/h7H,3-6H2,1-2H3,(H,10,11)(H,12,13). The van der Waals surface area contributed by atoms with Gasteiger partial charge in [0.05, 0.1) is 17.9 Å². The van der Waals surface area contributed by atoms with Crippen LogP contribution < -0.4 is 5.32 Å². The van der Waals surface area contributed by atoms with Crippen molar-refractivity contribution < 1.29 is 23.1 Å².